The van der Waals surface area contributed by atoms with Crippen LogP contribution in [0.3, 0.4) is 0 Å². The highest BCUT2D eigenvalue weighted by molar-refractivity contribution is 8.00. The van der Waals surface area contributed by atoms with Crippen LogP contribution in [0.4, 0.5) is 11.4 Å². The van der Waals surface area contributed by atoms with Crippen LogP contribution < -0.4 is 10.1 Å². The first-order valence-corrected chi connectivity index (χ1v) is 7.39. The number of nitrogens with zero attached hydrogens (tertiary/aromatic N) is 1. The number of hydrogen-bond donors (Lipinski definition) is 1. The average Bonchev–Trinajstić information content (AvgIpc) is 2.54. The quantitative estimate of drug-likeness (QED) is 0.502. The first kappa shape index (κ1) is 15.8. The number of hydrogen-bond acceptors (Lipinski definition) is 5. The van der Waals surface area contributed by atoms with E-state index < -0.39 is 4.92 Å². The molecule has 0 aliphatic carbocycles. The molecule has 22 heavy (non-hydrogen) atoms. The molecule has 0 spiro atoms. The minimum absolute atomic E-state index is 0.154. The third kappa shape index (κ3) is 4.23. The molecule has 114 valence electrons. The SMILES string of the molecule is COc1ccc(NC(=O)CSc2ccccc2)cc1[N+](=O)[O-]. The van der Waals surface area contributed by atoms with E-state index in [1.165, 1.54) is 31.0 Å². The van der Waals surface area contributed by atoms with Crippen molar-refractivity contribution in [3.8, 4) is 5.75 Å². The standard InChI is InChI=1S/C15H14N2O4S/c1-21-14-8-7-11(9-13(14)17(19)20)16-15(18)10-22-12-5-3-2-4-6-12/h2-9H,10H2,1H3,(H,16,18). The van der Waals surface area contributed by atoms with E-state index in [1.807, 2.05) is 30.3 Å². The van der Waals surface area contributed by atoms with E-state index in [4.69, 9.17) is 4.74 Å². The number of ether oxygens (including phenoxy) is 1. The van der Waals surface area contributed by atoms with Crippen LogP contribution in [0.2, 0.25) is 0 Å². The number of carbonyl (C=O) groups is 1. The molecule has 0 aromatic heterocycles. The first-order valence-electron chi connectivity index (χ1n) is 6.40. The molecule has 0 saturated carbocycles. The summed E-state index contributed by atoms with van der Waals surface area (Å²) in [6.45, 7) is 0. The number of nitrogens with one attached hydrogen (secondary N) is 1. The zero-order valence-corrected chi connectivity index (χ0v) is 12.6. The summed E-state index contributed by atoms with van der Waals surface area (Å²) in [6.07, 6.45) is 0. The topological polar surface area (TPSA) is 81.5 Å². The summed E-state index contributed by atoms with van der Waals surface area (Å²) >= 11 is 1.40. The molecule has 6 nitrogen and oxygen atoms in total. The van der Waals surface area contributed by atoms with Crippen LogP contribution in [-0.2, 0) is 4.79 Å². The van der Waals surface area contributed by atoms with Gasteiger partial charge >= 0.3 is 5.69 Å². The van der Waals surface area contributed by atoms with Gasteiger partial charge in [-0.3, -0.25) is 14.9 Å². The molecule has 2 aromatic rings. The number of carbonyl (C=O) groups excluding carboxylic acids is 1. The number of methoxy groups -OCH3 is 1. The van der Waals surface area contributed by atoms with Gasteiger partial charge in [-0.2, -0.15) is 0 Å². The molecule has 2 aromatic carbocycles. The van der Waals surface area contributed by atoms with Crippen molar-refractivity contribution in [3.63, 3.8) is 0 Å². The van der Waals surface area contributed by atoms with E-state index in [-0.39, 0.29) is 23.1 Å². The van der Waals surface area contributed by atoms with Crippen LogP contribution in [-0.4, -0.2) is 23.7 Å². The maximum atomic E-state index is 11.9. The van der Waals surface area contributed by atoms with E-state index in [0.717, 1.165) is 4.90 Å². The van der Waals surface area contributed by atoms with E-state index in [1.54, 1.807) is 6.07 Å². The third-order valence-electron chi connectivity index (χ3n) is 2.77. The molecule has 0 heterocycles. The van der Waals surface area contributed by atoms with Gasteiger partial charge < -0.3 is 10.1 Å². The molecule has 0 bridgehead atoms. The van der Waals surface area contributed by atoms with Gasteiger partial charge in [0.2, 0.25) is 5.91 Å². The van der Waals surface area contributed by atoms with Gasteiger partial charge in [-0.1, -0.05) is 18.2 Å². The molecule has 1 amide bonds. The third-order valence-corrected chi connectivity index (χ3v) is 3.78. The zero-order valence-electron chi connectivity index (χ0n) is 11.8. The van der Waals surface area contributed by atoms with Crippen LogP contribution in [0.1, 0.15) is 0 Å². The Kier molecular flexibility index (Phi) is 5.37. The predicted octanol–water partition coefficient (Wildman–Crippen LogP) is 3.33. The lowest BCUT2D eigenvalue weighted by Crippen LogP contribution is -2.14. The van der Waals surface area contributed by atoms with Crippen LogP contribution in [0, 0.1) is 10.1 Å². The monoisotopic (exact) mass is 318 g/mol. The maximum absolute atomic E-state index is 11.9. The predicted molar refractivity (Wildman–Crippen MR) is 85.4 cm³/mol. The van der Waals surface area contributed by atoms with Crippen molar-refractivity contribution >= 4 is 29.0 Å². The summed E-state index contributed by atoms with van der Waals surface area (Å²) in [5.74, 6) is 0.152. The molecule has 0 atom stereocenters. The molecular formula is C15H14N2O4S. The van der Waals surface area contributed by atoms with Crippen molar-refractivity contribution in [1.29, 1.82) is 0 Å². The minimum Gasteiger partial charge on any atom is -0.490 e. The lowest BCUT2D eigenvalue weighted by molar-refractivity contribution is -0.385. The van der Waals surface area contributed by atoms with Crippen LogP contribution >= 0.6 is 11.8 Å². The Bertz CT molecular complexity index is 676. The molecule has 2 rings (SSSR count). The highest BCUT2D eigenvalue weighted by Crippen LogP contribution is 2.29. The molecule has 0 aliphatic rings. The fraction of sp³-hybridized carbons (Fsp3) is 0.133. The second-order valence-electron chi connectivity index (χ2n) is 4.29. The second-order valence-corrected chi connectivity index (χ2v) is 5.34. The van der Waals surface area contributed by atoms with E-state index in [9.17, 15) is 14.9 Å². The van der Waals surface area contributed by atoms with Crippen molar-refractivity contribution in [3.05, 3.63) is 58.6 Å². The number of nitro groups is 1. The number of thioether (sulfide) groups is 1. The number of anilines is 1. The van der Waals surface area contributed by atoms with Gasteiger partial charge in [0.15, 0.2) is 5.75 Å². The van der Waals surface area contributed by atoms with Gasteiger partial charge in [0, 0.05) is 16.6 Å². The Balaban J connectivity index is 1.99. The van der Waals surface area contributed by atoms with Gasteiger partial charge in [0.05, 0.1) is 17.8 Å². The Morgan fingerprint density at radius 1 is 1.27 bits per heavy atom. The van der Waals surface area contributed by atoms with E-state index in [2.05, 4.69) is 5.32 Å². The van der Waals surface area contributed by atoms with Gasteiger partial charge in [-0.05, 0) is 24.3 Å². The molecule has 0 saturated heterocycles. The highest BCUT2D eigenvalue weighted by Gasteiger charge is 2.16. The van der Waals surface area contributed by atoms with E-state index in [0.29, 0.717) is 5.69 Å². The van der Waals surface area contributed by atoms with Gasteiger partial charge in [0.25, 0.3) is 0 Å². The fourth-order valence-electron chi connectivity index (χ4n) is 1.77. The number of rotatable bonds is 6. The molecule has 0 aliphatic heterocycles. The molecule has 0 fully saturated rings. The minimum atomic E-state index is -0.548. The smallest absolute Gasteiger partial charge is 0.312 e. The second kappa shape index (κ2) is 7.46. The molecule has 0 radical (unpaired) electrons. The Morgan fingerprint density at radius 2 is 2.00 bits per heavy atom. The van der Waals surface area contributed by atoms with Gasteiger partial charge in [-0.25, -0.2) is 0 Å². The van der Waals surface area contributed by atoms with E-state index >= 15 is 0 Å². The van der Waals surface area contributed by atoms with Crippen LogP contribution in [0.25, 0.3) is 0 Å². The molecule has 7 heteroatoms. The normalized spacial score (nSPS) is 10.0. The Hall–Kier alpha value is -2.54. The average molecular weight is 318 g/mol. The number of amides is 1. The summed E-state index contributed by atoms with van der Waals surface area (Å²) in [6, 6.07) is 13.8. The lowest BCUT2D eigenvalue weighted by Gasteiger charge is -2.07. The van der Waals surface area contributed by atoms with Gasteiger partial charge in [0.1, 0.15) is 0 Å². The summed E-state index contributed by atoms with van der Waals surface area (Å²) < 4.78 is 4.91. The molecular weight excluding hydrogens is 304 g/mol. The number of benzene rings is 2. The first-order chi connectivity index (χ1) is 10.6. The van der Waals surface area contributed by atoms with Gasteiger partial charge in [-0.15, -0.1) is 11.8 Å². The van der Waals surface area contributed by atoms with Crippen LogP contribution in [0.5, 0.6) is 5.75 Å². The Morgan fingerprint density at radius 3 is 2.64 bits per heavy atom. The summed E-state index contributed by atoms with van der Waals surface area (Å²) in [4.78, 5) is 23.3. The Labute approximate surface area is 131 Å². The molecule has 0 unspecified atom stereocenters. The number of nitro benzene ring substituents is 1. The highest BCUT2D eigenvalue weighted by atomic mass is 32.2. The maximum Gasteiger partial charge on any atom is 0.312 e. The van der Waals surface area contributed by atoms with Crippen molar-refractivity contribution < 1.29 is 14.5 Å². The summed E-state index contributed by atoms with van der Waals surface area (Å²) in [5.41, 5.74) is 0.183. The zero-order chi connectivity index (χ0) is 15.9. The van der Waals surface area contributed by atoms with Crippen molar-refractivity contribution in [1.82, 2.24) is 0 Å². The van der Waals surface area contributed by atoms with Crippen LogP contribution in [0.15, 0.2) is 53.4 Å². The van der Waals surface area contributed by atoms with Crippen molar-refractivity contribution in [2.75, 3.05) is 18.2 Å². The fourth-order valence-corrected chi connectivity index (χ4v) is 2.49. The largest absolute Gasteiger partial charge is 0.490 e. The molecule has 1 N–H and O–H groups in total. The van der Waals surface area contributed by atoms with Crippen molar-refractivity contribution in [2.24, 2.45) is 0 Å². The lowest BCUT2D eigenvalue weighted by atomic mass is 10.2. The summed E-state index contributed by atoms with van der Waals surface area (Å²) in [7, 11) is 1.36. The summed E-state index contributed by atoms with van der Waals surface area (Å²) in [5, 5.41) is 13.6. The van der Waals surface area contributed by atoms with Crippen molar-refractivity contribution in [2.45, 2.75) is 4.90 Å².